The lowest BCUT2D eigenvalue weighted by atomic mass is 9.97. The van der Waals surface area contributed by atoms with E-state index in [4.69, 9.17) is 0 Å². The number of rotatable bonds is 2. The van der Waals surface area contributed by atoms with Crippen LogP contribution in [0.3, 0.4) is 0 Å². The van der Waals surface area contributed by atoms with E-state index in [1.807, 2.05) is 23.1 Å². The largest absolute Gasteiger partial charge is 0.416 e. The summed E-state index contributed by atoms with van der Waals surface area (Å²) < 4.78 is 38.3. The number of fused-ring (bicyclic) bond motifs is 1. The summed E-state index contributed by atoms with van der Waals surface area (Å²) in [5.74, 6) is 0.0887. The fourth-order valence-corrected chi connectivity index (χ4v) is 3.86. The average Bonchev–Trinajstić information content (AvgIpc) is 3.30. The predicted molar refractivity (Wildman–Crippen MR) is 94.0 cm³/mol. The zero-order valence-corrected chi connectivity index (χ0v) is 14.1. The van der Waals surface area contributed by atoms with E-state index >= 15 is 0 Å². The van der Waals surface area contributed by atoms with Gasteiger partial charge in [-0.2, -0.15) is 13.2 Å². The van der Waals surface area contributed by atoms with E-state index in [1.54, 1.807) is 0 Å². The van der Waals surface area contributed by atoms with Crippen LogP contribution in [0.25, 0.3) is 11.1 Å². The van der Waals surface area contributed by atoms with E-state index in [0.717, 1.165) is 53.9 Å². The third kappa shape index (κ3) is 2.98. The molecule has 1 amide bonds. The van der Waals surface area contributed by atoms with Crippen LogP contribution in [-0.4, -0.2) is 25.0 Å². The van der Waals surface area contributed by atoms with Crippen molar-refractivity contribution in [3.05, 3.63) is 53.6 Å². The monoisotopic (exact) mass is 360 g/mol. The number of anilines is 1. The molecule has 2 aromatic rings. The minimum Gasteiger partial charge on any atom is -0.310 e. The van der Waals surface area contributed by atoms with Crippen LogP contribution in [0.1, 0.15) is 24.0 Å². The van der Waals surface area contributed by atoms with Gasteiger partial charge in [0, 0.05) is 12.2 Å². The first-order valence-corrected chi connectivity index (χ1v) is 8.79. The molecule has 26 heavy (non-hydrogen) atoms. The molecule has 1 saturated heterocycles. The van der Waals surface area contributed by atoms with Crippen molar-refractivity contribution in [2.24, 2.45) is 0 Å². The van der Waals surface area contributed by atoms with Crippen molar-refractivity contribution in [2.45, 2.75) is 31.5 Å². The van der Waals surface area contributed by atoms with Crippen molar-refractivity contribution >= 4 is 11.6 Å². The molecule has 2 aliphatic rings. The second-order valence-electron chi connectivity index (χ2n) is 6.77. The Morgan fingerprint density at radius 3 is 2.54 bits per heavy atom. The van der Waals surface area contributed by atoms with Gasteiger partial charge in [-0.15, -0.1) is 0 Å². The summed E-state index contributed by atoms with van der Waals surface area (Å²) in [7, 11) is 0. The van der Waals surface area contributed by atoms with Crippen molar-refractivity contribution in [3.8, 4) is 11.1 Å². The van der Waals surface area contributed by atoms with E-state index in [2.05, 4.69) is 5.32 Å². The third-order valence-electron chi connectivity index (χ3n) is 5.18. The maximum Gasteiger partial charge on any atom is 0.416 e. The van der Waals surface area contributed by atoms with E-state index < -0.39 is 11.7 Å². The Bertz CT molecular complexity index is 824. The topological polar surface area (TPSA) is 32.3 Å². The van der Waals surface area contributed by atoms with Gasteiger partial charge in [-0.25, -0.2) is 0 Å². The number of benzene rings is 2. The van der Waals surface area contributed by atoms with Crippen LogP contribution in [0.2, 0.25) is 0 Å². The Labute approximate surface area is 149 Å². The van der Waals surface area contributed by atoms with E-state index in [0.29, 0.717) is 13.0 Å². The van der Waals surface area contributed by atoms with Crippen molar-refractivity contribution in [1.82, 2.24) is 5.32 Å². The molecule has 0 aromatic heterocycles. The average molecular weight is 360 g/mol. The standard InChI is InChI=1S/C20H19F3N2O/c21-20(22,23)14-8-6-13(7-9-14)15-3-1-5-18-16(15)10-12-25(18)19(26)17-4-2-11-24-17/h1,3,5-9,17,24H,2,4,10-12H2. The Balaban J connectivity index is 1.65. The van der Waals surface area contributed by atoms with Gasteiger partial charge in [0.05, 0.1) is 11.6 Å². The molecule has 1 N–H and O–H groups in total. The van der Waals surface area contributed by atoms with Gasteiger partial charge in [0.1, 0.15) is 0 Å². The molecule has 0 radical (unpaired) electrons. The number of nitrogens with one attached hydrogen (secondary N) is 1. The Kier molecular flexibility index (Phi) is 4.23. The molecule has 136 valence electrons. The quantitative estimate of drug-likeness (QED) is 0.878. The van der Waals surface area contributed by atoms with Crippen molar-refractivity contribution in [2.75, 3.05) is 18.0 Å². The van der Waals surface area contributed by atoms with Gasteiger partial charge >= 0.3 is 6.18 Å². The zero-order valence-electron chi connectivity index (χ0n) is 14.1. The number of carbonyl (C=O) groups excluding carboxylic acids is 1. The SMILES string of the molecule is O=C(C1CCCN1)N1CCc2c(-c3ccc(C(F)(F)F)cc3)cccc21. The molecule has 2 aromatic carbocycles. The third-order valence-corrected chi connectivity index (χ3v) is 5.18. The Hall–Kier alpha value is -2.34. The molecule has 1 atom stereocenters. The first kappa shape index (κ1) is 17.1. The highest BCUT2D eigenvalue weighted by Gasteiger charge is 2.33. The first-order chi connectivity index (χ1) is 12.4. The van der Waals surface area contributed by atoms with Crippen LogP contribution >= 0.6 is 0 Å². The second kappa shape index (κ2) is 6.43. The van der Waals surface area contributed by atoms with E-state index in [1.165, 1.54) is 12.1 Å². The number of hydrogen-bond acceptors (Lipinski definition) is 2. The number of hydrogen-bond donors (Lipinski definition) is 1. The van der Waals surface area contributed by atoms with Gasteiger partial charge in [0.25, 0.3) is 0 Å². The summed E-state index contributed by atoms with van der Waals surface area (Å²) >= 11 is 0. The number of halogens is 3. The summed E-state index contributed by atoms with van der Waals surface area (Å²) in [6.07, 6.45) is -1.77. The molecule has 3 nitrogen and oxygen atoms in total. The molecular weight excluding hydrogens is 341 g/mol. The van der Waals surface area contributed by atoms with Crippen LogP contribution in [0.5, 0.6) is 0 Å². The molecule has 0 spiro atoms. The summed E-state index contributed by atoms with van der Waals surface area (Å²) in [5, 5.41) is 3.23. The highest BCUT2D eigenvalue weighted by atomic mass is 19.4. The van der Waals surface area contributed by atoms with Crippen LogP contribution in [-0.2, 0) is 17.4 Å². The predicted octanol–water partition coefficient (Wildman–Crippen LogP) is 4.01. The van der Waals surface area contributed by atoms with Gasteiger partial charge in [-0.3, -0.25) is 4.79 Å². The van der Waals surface area contributed by atoms with Crippen molar-refractivity contribution in [3.63, 3.8) is 0 Å². The fraction of sp³-hybridized carbons (Fsp3) is 0.350. The first-order valence-electron chi connectivity index (χ1n) is 8.79. The second-order valence-corrected chi connectivity index (χ2v) is 6.77. The van der Waals surface area contributed by atoms with Gasteiger partial charge < -0.3 is 10.2 Å². The van der Waals surface area contributed by atoms with Gasteiger partial charge in [-0.05, 0) is 60.7 Å². The minimum absolute atomic E-state index is 0.0887. The molecule has 0 saturated carbocycles. The number of nitrogens with zero attached hydrogens (tertiary/aromatic N) is 1. The Morgan fingerprint density at radius 2 is 1.88 bits per heavy atom. The molecule has 1 fully saturated rings. The van der Waals surface area contributed by atoms with Crippen LogP contribution in [0.15, 0.2) is 42.5 Å². The highest BCUT2D eigenvalue weighted by molar-refractivity contribution is 6.00. The lowest BCUT2D eigenvalue weighted by molar-refractivity contribution is -0.137. The van der Waals surface area contributed by atoms with Gasteiger partial charge in [0.15, 0.2) is 0 Å². The normalized spacial score (nSPS) is 19.7. The maximum absolute atomic E-state index is 12.8. The van der Waals surface area contributed by atoms with Crippen LogP contribution in [0.4, 0.5) is 18.9 Å². The summed E-state index contributed by atoms with van der Waals surface area (Å²) in [6, 6.07) is 10.8. The molecule has 2 aliphatic heterocycles. The summed E-state index contributed by atoms with van der Waals surface area (Å²) in [6.45, 7) is 1.48. The van der Waals surface area contributed by atoms with E-state index in [-0.39, 0.29) is 11.9 Å². The Morgan fingerprint density at radius 1 is 1.12 bits per heavy atom. The van der Waals surface area contributed by atoms with E-state index in [9.17, 15) is 18.0 Å². The minimum atomic E-state index is -4.34. The molecule has 6 heteroatoms. The zero-order chi connectivity index (χ0) is 18.3. The molecular formula is C20H19F3N2O. The van der Waals surface area contributed by atoms with Crippen molar-refractivity contribution < 1.29 is 18.0 Å². The maximum atomic E-state index is 12.8. The number of amides is 1. The summed E-state index contributed by atoms with van der Waals surface area (Å²) in [5.41, 5.74) is 2.88. The smallest absolute Gasteiger partial charge is 0.310 e. The number of alkyl halides is 3. The number of carbonyl (C=O) groups is 1. The highest BCUT2D eigenvalue weighted by Crippen LogP contribution is 2.38. The fourth-order valence-electron chi connectivity index (χ4n) is 3.86. The molecule has 1 unspecified atom stereocenters. The molecule has 0 aliphatic carbocycles. The molecule has 4 rings (SSSR count). The molecule has 2 heterocycles. The van der Waals surface area contributed by atoms with Crippen LogP contribution < -0.4 is 10.2 Å². The summed E-state index contributed by atoms with van der Waals surface area (Å²) in [4.78, 5) is 14.6. The molecule has 0 bridgehead atoms. The van der Waals surface area contributed by atoms with Crippen molar-refractivity contribution in [1.29, 1.82) is 0 Å². The lowest BCUT2D eigenvalue weighted by Crippen LogP contribution is -2.42. The van der Waals surface area contributed by atoms with Gasteiger partial charge in [0.2, 0.25) is 5.91 Å². The lowest BCUT2D eigenvalue weighted by Gasteiger charge is -2.21. The van der Waals surface area contributed by atoms with Gasteiger partial charge in [-0.1, -0.05) is 24.3 Å². The van der Waals surface area contributed by atoms with Crippen LogP contribution in [0, 0.1) is 0 Å².